The topological polar surface area (TPSA) is 56.6 Å². The largest absolute Gasteiger partial charge is 0.490 e. The number of ether oxygens (including phenoxy) is 2. The molecule has 1 saturated heterocycles. The van der Waals surface area contributed by atoms with E-state index in [0.717, 1.165) is 53.9 Å². The van der Waals surface area contributed by atoms with E-state index < -0.39 is 0 Å². The Kier molecular flexibility index (Phi) is 4.18. The third-order valence-electron chi connectivity index (χ3n) is 6.43. The average molecular weight is 403 g/mol. The summed E-state index contributed by atoms with van der Waals surface area (Å²) in [6, 6.07) is 12.7. The van der Waals surface area contributed by atoms with E-state index in [-0.39, 0.29) is 11.9 Å². The molecule has 1 atom stereocenters. The summed E-state index contributed by atoms with van der Waals surface area (Å²) in [7, 11) is 0. The zero-order chi connectivity index (χ0) is 20.1. The Labute approximate surface area is 175 Å². The lowest BCUT2D eigenvalue weighted by Gasteiger charge is -2.26. The van der Waals surface area contributed by atoms with Gasteiger partial charge < -0.3 is 18.9 Å². The maximum absolute atomic E-state index is 13.4. The molecule has 2 fully saturated rings. The number of carbonyl (C=O) groups excluding carboxylic acids is 1. The zero-order valence-corrected chi connectivity index (χ0v) is 16.9. The van der Waals surface area contributed by atoms with E-state index >= 15 is 0 Å². The van der Waals surface area contributed by atoms with E-state index in [0.29, 0.717) is 24.8 Å². The Hall–Kier alpha value is -3.02. The number of fused-ring (bicyclic) bond motifs is 2. The first-order chi connectivity index (χ1) is 14.8. The molecular formula is C24H25N3O3. The van der Waals surface area contributed by atoms with Gasteiger partial charge in [0.2, 0.25) is 0 Å². The lowest BCUT2D eigenvalue weighted by atomic mass is 10.0. The molecule has 6 nitrogen and oxygen atoms in total. The molecule has 3 heterocycles. The second-order valence-corrected chi connectivity index (χ2v) is 8.50. The van der Waals surface area contributed by atoms with Crippen molar-refractivity contribution in [3.05, 3.63) is 53.9 Å². The molecule has 6 heteroatoms. The molecule has 0 radical (unpaired) electrons. The molecule has 6 rings (SSSR count). The fourth-order valence-electron chi connectivity index (χ4n) is 4.72. The SMILES string of the molecule is O=C(c1ccc2c(c1)ncn2C1CC1)N1CCC[C@H]1c1ccc2c(c1)OCCCO2. The Morgan fingerprint density at radius 3 is 2.70 bits per heavy atom. The number of hydrogen-bond donors (Lipinski definition) is 0. The van der Waals surface area contributed by atoms with Crippen LogP contribution in [0.2, 0.25) is 0 Å². The van der Waals surface area contributed by atoms with E-state index in [1.54, 1.807) is 0 Å². The third-order valence-corrected chi connectivity index (χ3v) is 6.43. The van der Waals surface area contributed by atoms with Gasteiger partial charge >= 0.3 is 0 Å². The van der Waals surface area contributed by atoms with Crippen LogP contribution < -0.4 is 9.47 Å². The van der Waals surface area contributed by atoms with Crippen molar-refractivity contribution in [2.75, 3.05) is 19.8 Å². The van der Waals surface area contributed by atoms with Gasteiger partial charge in [-0.2, -0.15) is 0 Å². The lowest BCUT2D eigenvalue weighted by Crippen LogP contribution is -2.30. The summed E-state index contributed by atoms with van der Waals surface area (Å²) in [5.74, 6) is 1.66. The van der Waals surface area contributed by atoms with Gasteiger partial charge in [-0.05, 0) is 61.6 Å². The van der Waals surface area contributed by atoms with Crippen molar-refractivity contribution in [1.29, 1.82) is 0 Å². The molecule has 0 spiro atoms. The van der Waals surface area contributed by atoms with Gasteiger partial charge in [0.1, 0.15) is 0 Å². The first kappa shape index (κ1) is 17.8. The Balaban J connectivity index is 1.28. The third kappa shape index (κ3) is 3.02. The van der Waals surface area contributed by atoms with Crippen LogP contribution >= 0.6 is 0 Å². The standard InChI is InChI=1S/C24H25N3O3/c28-24(17-4-8-21-19(13-17)25-15-27(21)18-6-7-18)26-10-1-3-20(26)16-5-9-22-23(14-16)30-12-2-11-29-22/h4-5,8-9,13-15,18,20H,1-3,6-7,10-12H2/t20-/m0/s1. The van der Waals surface area contributed by atoms with Crippen molar-refractivity contribution in [1.82, 2.24) is 14.5 Å². The Morgan fingerprint density at radius 1 is 0.967 bits per heavy atom. The van der Waals surface area contributed by atoms with Crippen LogP contribution in [0.25, 0.3) is 11.0 Å². The van der Waals surface area contributed by atoms with E-state index in [1.807, 2.05) is 35.5 Å². The summed E-state index contributed by atoms with van der Waals surface area (Å²) in [5, 5.41) is 0. The van der Waals surface area contributed by atoms with Crippen LogP contribution in [0.3, 0.4) is 0 Å². The number of rotatable bonds is 3. The number of benzene rings is 2. The number of nitrogens with zero attached hydrogens (tertiary/aromatic N) is 3. The normalized spacial score (nSPS) is 21.1. The van der Waals surface area contributed by atoms with Gasteiger partial charge in [0.05, 0.1) is 36.6 Å². The van der Waals surface area contributed by atoms with Crippen LogP contribution in [0.4, 0.5) is 0 Å². The smallest absolute Gasteiger partial charge is 0.254 e. The van der Waals surface area contributed by atoms with E-state index in [4.69, 9.17) is 9.47 Å². The summed E-state index contributed by atoms with van der Waals surface area (Å²) in [6.07, 6.45) is 7.20. The Morgan fingerprint density at radius 2 is 1.83 bits per heavy atom. The molecule has 0 unspecified atom stereocenters. The predicted octanol–water partition coefficient (Wildman–Crippen LogP) is 4.51. The van der Waals surface area contributed by atoms with Gasteiger partial charge in [-0.15, -0.1) is 0 Å². The second-order valence-electron chi connectivity index (χ2n) is 8.50. The number of imidazole rings is 1. The molecule has 1 aliphatic carbocycles. The molecule has 2 aliphatic heterocycles. The van der Waals surface area contributed by atoms with Crippen LogP contribution in [-0.4, -0.2) is 40.1 Å². The molecule has 0 N–H and O–H groups in total. The maximum atomic E-state index is 13.4. The summed E-state index contributed by atoms with van der Waals surface area (Å²) in [4.78, 5) is 20.0. The quantitative estimate of drug-likeness (QED) is 0.646. The van der Waals surface area contributed by atoms with Gasteiger partial charge in [-0.25, -0.2) is 4.98 Å². The fraction of sp³-hybridized carbons (Fsp3) is 0.417. The highest BCUT2D eigenvalue weighted by Crippen LogP contribution is 2.39. The monoisotopic (exact) mass is 403 g/mol. The van der Waals surface area contributed by atoms with Gasteiger partial charge in [0, 0.05) is 24.6 Å². The molecule has 1 amide bonds. The van der Waals surface area contributed by atoms with Gasteiger partial charge in [-0.3, -0.25) is 4.79 Å². The maximum Gasteiger partial charge on any atom is 0.254 e. The van der Waals surface area contributed by atoms with Crippen molar-refractivity contribution in [2.45, 2.75) is 44.2 Å². The van der Waals surface area contributed by atoms with Gasteiger partial charge in [0.25, 0.3) is 5.91 Å². The summed E-state index contributed by atoms with van der Waals surface area (Å²) >= 11 is 0. The number of likely N-dealkylation sites (tertiary alicyclic amines) is 1. The molecule has 1 saturated carbocycles. The average Bonchev–Trinajstić information content (AvgIpc) is 3.42. The zero-order valence-electron chi connectivity index (χ0n) is 16.9. The first-order valence-corrected chi connectivity index (χ1v) is 10.9. The van der Waals surface area contributed by atoms with Crippen LogP contribution in [0.1, 0.15) is 60.1 Å². The molecule has 0 bridgehead atoms. The molecule has 1 aromatic heterocycles. The van der Waals surface area contributed by atoms with Gasteiger partial charge in [0.15, 0.2) is 11.5 Å². The predicted molar refractivity (Wildman–Crippen MR) is 113 cm³/mol. The molecular weight excluding hydrogens is 378 g/mol. The number of aromatic nitrogens is 2. The van der Waals surface area contributed by atoms with Gasteiger partial charge in [-0.1, -0.05) is 6.07 Å². The highest BCUT2D eigenvalue weighted by molar-refractivity contribution is 5.97. The van der Waals surface area contributed by atoms with E-state index in [2.05, 4.69) is 21.7 Å². The number of hydrogen-bond acceptors (Lipinski definition) is 4. The molecule has 3 aliphatic rings. The number of amides is 1. The molecule has 3 aromatic rings. The van der Waals surface area contributed by atoms with Crippen molar-refractivity contribution in [2.24, 2.45) is 0 Å². The molecule has 154 valence electrons. The first-order valence-electron chi connectivity index (χ1n) is 10.9. The van der Waals surface area contributed by atoms with Crippen LogP contribution in [-0.2, 0) is 0 Å². The molecule has 2 aromatic carbocycles. The highest BCUT2D eigenvalue weighted by Gasteiger charge is 2.32. The summed E-state index contributed by atoms with van der Waals surface area (Å²) in [5.41, 5.74) is 3.85. The lowest BCUT2D eigenvalue weighted by molar-refractivity contribution is 0.0735. The van der Waals surface area contributed by atoms with Crippen molar-refractivity contribution in [3.8, 4) is 11.5 Å². The number of carbonyl (C=O) groups is 1. The van der Waals surface area contributed by atoms with Crippen LogP contribution in [0.15, 0.2) is 42.7 Å². The summed E-state index contributed by atoms with van der Waals surface area (Å²) in [6.45, 7) is 2.11. The minimum absolute atomic E-state index is 0.0642. The van der Waals surface area contributed by atoms with E-state index in [1.165, 1.54) is 12.8 Å². The van der Waals surface area contributed by atoms with Crippen molar-refractivity contribution >= 4 is 16.9 Å². The highest BCUT2D eigenvalue weighted by atomic mass is 16.5. The minimum Gasteiger partial charge on any atom is -0.490 e. The van der Waals surface area contributed by atoms with Crippen LogP contribution in [0, 0.1) is 0 Å². The van der Waals surface area contributed by atoms with E-state index in [9.17, 15) is 4.79 Å². The second kappa shape index (κ2) is 7.04. The van der Waals surface area contributed by atoms with Crippen molar-refractivity contribution in [3.63, 3.8) is 0 Å². The Bertz CT molecular complexity index is 1120. The van der Waals surface area contributed by atoms with Crippen LogP contribution in [0.5, 0.6) is 11.5 Å². The minimum atomic E-state index is 0.0642. The fourth-order valence-corrected chi connectivity index (χ4v) is 4.72. The summed E-state index contributed by atoms with van der Waals surface area (Å²) < 4.78 is 13.9. The van der Waals surface area contributed by atoms with Crippen molar-refractivity contribution < 1.29 is 14.3 Å². The molecule has 30 heavy (non-hydrogen) atoms.